The van der Waals surface area contributed by atoms with Gasteiger partial charge in [-0.3, -0.25) is 9.00 Å². The van der Waals surface area contributed by atoms with Gasteiger partial charge in [0, 0.05) is 28.5 Å². The number of amides is 1. The summed E-state index contributed by atoms with van der Waals surface area (Å²) in [7, 11) is -1.06. The van der Waals surface area contributed by atoms with Gasteiger partial charge in [0.2, 0.25) is 5.91 Å². The van der Waals surface area contributed by atoms with Crippen LogP contribution < -0.4 is 5.32 Å². The molecule has 0 bridgehead atoms. The number of carbonyl (C=O) groups is 1. The molecule has 1 aliphatic carbocycles. The molecule has 7 heteroatoms. The Morgan fingerprint density at radius 1 is 1.00 bits per heavy atom. The van der Waals surface area contributed by atoms with Crippen LogP contribution in [-0.2, 0) is 22.0 Å². The SMILES string of the molecule is CC1=C(CC(=O)NCCc2ccc(O)c(O)c2)c2cc(F)ccc2/C1=C/c1ccc([S@@](C)=O)cc1. The third kappa shape index (κ3) is 5.52. The molecule has 180 valence electrons. The number of aromatic hydroxyl groups is 2. The van der Waals surface area contributed by atoms with E-state index in [1.807, 2.05) is 37.3 Å². The monoisotopic (exact) mass is 491 g/mol. The lowest BCUT2D eigenvalue weighted by Gasteiger charge is -2.09. The maximum absolute atomic E-state index is 14.1. The van der Waals surface area contributed by atoms with Gasteiger partial charge in [-0.1, -0.05) is 24.3 Å². The first-order valence-electron chi connectivity index (χ1n) is 11.2. The van der Waals surface area contributed by atoms with E-state index in [4.69, 9.17) is 0 Å². The van der Waals surface area contributed by atoms with Gasteiger partial charge in [0.15, 0.2) is 11.5 Å². The van der Waals surface area contributed by atoms with E-state index in [2.05, 4.69) is 5.32 Å². The van der Waals surface area contributed by atoms with E-state index in [-0.39, 0.29) is 29.6 Å². The van der Waals surface area contributed by atoms with Crippen LogP contribution >= 0.6 is 0 Å². The Kier molecular flexibility index (Phi) is 7.17. The maximum Gasteiger partial charge on any atom is 0.224 e. The molecule has 0 aromatic heterocycles. The standard InChI is InChI=1S/C28H26FNO4S/c1-17-23(13-18-3-7-21(8-4-18)35(2)34)22-9-6-20(29)15-25(22)24(17)16-28(33)30-12-11-19-5-10-26(31)27(32)14-19/h3-10,13-15,31-32H,11-12,16H2,1-2H3,(H,30,33)/b23-13+/t35-/m1/s1. The lowest BCUT2D eigenvalue weighted by molar-refractivity contribution is -0.120. The van der Waals surface area contributed by atoms with E-state index >= 15 is 0 Å². The molecule has 3 aromatic carbocycles. The second-order valence-electron chi connectivity index (χ2n) is 8.47. The number of phenols is 2. The number of rotatable bonds is 7. The number of benzene rings is 3. The summed E-state index contributed by atoms with van der Waals surface area (Å²) in [4.78, 5) is 13.5. The van der Waals surface area contributed by atoms with Crippen molar-refractivity contribution >= 4 is 33.9 Å². The number of hydrogen-bond donors (Lipinski definition) is 3. The van der Waals surface area contributed by atoms with Crippen molar-refractivity contribution in [3.8, 4) is 11.5 Å². The fourth-order valence-corrected chi connectivity index (χ4v) is 4.72. The second-order valence-corrected chi connectivity index (χ2v) is 9.85. The molecular formula is C28H26FNO4S. The summed E-state index contributed by atoms with van der Waals surface area (Å²) in [6, 6.07) is 16.6. The molecule has 0 aliphatic heterocycles. The van der Waals surface area contributed by atoms with E-state index in [0.29, 0.717) is 18.5 Å². The minimum atomic E-state index is -1.06. The van der Waals surface area contributed by atoms with Crippen molar-refractivity contribution in [1.29, 1.82) is 0 Å². The van der Waals surface area contributed by atoms with Crippen LogP contribution in [0.1, 0.15) is 35.6 Å². The molecule has 1 aliphatic rings. The lowest BCUT2D eigenvalue weighted by Crippen LogP contribution is -2.25. The van der Waals surface area contributed by atoms with Crippen LogP contribution in [0.5, 0.6) is 11.5 Å². The average molecular weight is 492 g/mol. The molecule has 5 nitrogen and oxygen atoms in total. The lowest BCUT2D eigenvalue weighted by atomic mass is 10.0. The van der Waals surface area contributed by atoms with Gasteiger partial charge in [-0.2, -0.15) is 0 Å². The first-order valence-corrected chi connectivity index (χ1v) is 12.7. The summed E-state index contributed by atoms with van der Waals surface area (Å²) >= 11 is 0. The van der Waals surface area contributed by atoms with E-state index in [1.165, 1.54) is 24.3 Å². The number of phenolic OH excluding ortho intramolecular Hbond substituents is 2. The van der Waals surface area contributed by atoms with E-state index < -0.39 is 10.8 Å². The maximum atomic E-state index is 14.1. The van der Waals surface area contributed by atoms with Crippen LogP contribution in [0.3, 0.4) is 0 Å². The molecule has 1 amide bonds. The zero-order chi connectivity index (χ0) is 25.1. The number of allylic oxidation sites excluding steroid dienone is 2. The fourth-order valence-electron chi connectivity index (χ4n) is 4.20. The minimum Gasteiger partial charge on any atom is -0.504 e. The Morgan fingerprint density at radius 3 is 2.43 bits per heavy atom. The molecule has 0 fully saturated rings. The molecule has 0 radical (unpaired) electrons. The Labute approximate surface area is 206 Å². The summed E-state index contributed by atoms with van der Waals surface area (Å²) in [6.07, 6.45) is 4.23. The van der Waals surface area contributed by atoms with E-state index in [0.717, 1.165) is 38.3 Å². The summed E-state index contributed by atoms with van der Waals surface area (Å²) < 4.78 is 25.8. The summed E-state index contributed by atoms with van der Waals surface area (Å²) in [6.45, 7) is 2.29. The van der Waals surface area contributed by atoms with Crippen LogP contribution in [-0.4, -0.2) is 33.1 Å². The Bertz CT molecular complexity index is 1380. The van der Waals surface area contributed by atoms with E-state index in [9.17, 15) is 23.6 Å². The number of hydrogen-bond acceptors (Lipinski definition) is 4. The molecule has 3 aromatic rings. The minimum absolute atomic E-state index is 0.105. The molecule has 0 unspecified atom stereocenters. The Morgan fingerprint density at radius 2 is 1.74 bits per heavy atom. The number of halogens is 1. The van der Waals surface area contributed by atoms with Crippen molar-refractivity contribution in [2.45, 2.75) is 24.7 Å². The van der Waals surface area contributed by atoms with Crippen LogP contribution in [0.25, 0.3) is 17.2 Å². The first-order chi connectivity index (χ1) is 16.7. The molecular weight excluding hydrogens is 465 g/mol. The predicted molar refractivity (Wildman–Crippen MR) is 137 cm³/mol. The van der Waals surface area contributed by atoms with Crippen molar-refractivity contribution in [1.82, 2.24) is 5.32 Å². The molecule has 3 N–H and O–H groups in total. The summed E-state index contributed by atoms with van der Waals surface area (Å²) in [5, 5.41) is 21.9. The zero-order valence-electron chi connectivity index (χ0n) is 19.5. The van der Waals surface area contributed by atoms with Crippen molar-refractivity contribution in [3.63, 3.8) is 0 Å². The summed E-state index contributed by atoms with van der Waals surface area (Å²) in [5.74, 6) is -0.935. The van der Waals surface area contributed by atoms with Crippen molar-refractivity contribution in [2.24, 2.45) is 0 Å². The highest BCUT2D eigenvalue weighted by molar-refractivity contribution is 7.84. The molecule has 0 heterocycles. The quantitative estimate of drug-likeness (QED) is 0.404. The molecule has 0 saturated heterocycles. The normalized spacial score (nSPS) is 14.8. The zero-order valence-corrected chi connectivity index (χ0v) is 20.3. The van der Waals surface area contributed by atoms with Crippen LogP contribution in [0.4, 0.5) is 4.39 Å². The van der Waals surface area contributed by atoms with Crippen molar-refractivity contribution in [2.75, 3.05) is 12.8 Å². The van der Waals surface area contributed by atoms with Gasteiger partial charge in [-0.15, -0.1) is 0 Å². The number of fused-ring (bicyclic) bond motifs is 1. The third-order valence-electron chi connectivity index (χ3n) is 6.09. The van der Waals surface area contributed by atoms with Gasteiger partial charge >= 0.3 is 0 Å². The van der Waals surface area contributed by atoms with Crippen molar-refractivity contribution in [3.05, 3.63) is 94.3 Å². The Hall–Kier alpha value is -3.71. The highest BCUT2D eigenvalue weighted by Crippen LogP contribution is 2.43. The van der Waals surface area contributed by atoms with Gasteiger partial charge in [-0.05, 0) is 94.8 Å². The van der Waals surface area contributed by atoms with Crippen LogP contribution in [0.15, 0.2) is 71.1 Å². The Balaban J connectivity index is 1.53. The van der Waals surface area contributed by atoms with Crippen molar-refractivity contribution < 1.29 is 23.6 Å². The average Bonchev–Trinajstić information content (AvgIpc) is 3.07. The molecule has 4 rings (SSSR count). The van der Waals surface area contributed by atoms with Gasteiger partial charge in [0.25, 0.3) is 0 Å². The highest BCUT2D eigenvalue weighted by atomic mass is 32.2. The fraction of sp³-hybridized carbons (Fsp3) is 0.179. The molecule has 1 atom stereocenters. The van der Waals surface area contributed by atoms with Crippen LogP contribution in [0, 0.1) is 5.82 Å². The predicted octanol–water partition coefficient (Wildman–Crippen LogP) is 5.05. The van der Waals surface area contributed by atoms with Gasteiger partial charge in [-0.25, -0.2) is 4.39 Å². The third-order valence-corrected chi connectivity index (χ3v) is 7.03. The molecule has 35 heavy (non-hydrogen) atoms. The largest absolute Gasteiger partial charge is 0.504 e. The van der Waals surface area contributed by atoms with Crippen LogP contribution in [0.2, 0.25) is 0 Å². The van der Waals surface area contributed by atoms with Gasteiger partial charge in [0.05, 0.1) is 6.42 Å². The van der Waals surface area contributed by atoms with Gasteiger partial charge in [0.1, 0.15) is 5.82 Å². The number of nitrogens with one attached hydrogen (secondary N) is 1. The summed E-state index contributed by atoms with van der Waals surface area (Å²) in [5.41, 5.74) is 5.89. The smallest absolute Gasteiger partial charge is 0.224 e. The first kappa shape index (κ1) is 24.4. The number of carbonyl (C=O) groups excluding carboxylic acids is 1. The topological polar surface area (TPSA) is 86.6 Å². The van der Waals surface area contributed by atoms with E-state index in [1.54, 1.807) is 18.4 Å². The molecule has 0 spiro atoms. The highest BCUT2D eigenvalue weighted by Gasteiger charge is 2.25. The molecule has 0 saturated carbocycles. The second kappa shape index (κ2) is 10.3. The van der Waals surface area contributed by atoms with Gasteiger partial charge < -0.3 is 15.5 Å².